The van der Waals surface area contributed by atoms with Crippen LogP contribution >= 0.6 is 0 Å². The molecule has 0 spiro atoms. The van der Waals surface area contributed by atoms with Crippen molar-refractivity contribution < 1.29 is 14.7 Å². The quantitative estimate of drug-likeness (QED) is 0.692. The number of nitrogens with zero attached hydrogens (tertiary/aromatic N) is 2. The van der Waals surface area contributed by atoms with E-state index in [0.717, 1.165) is 5.01 Å². The third-order valence-corrected chi connectivity index (χ3v) is 2.12. The zero-order valence-electron chi connectivity index (χ0n) is 8.21. The fourth-order valence-corrected chi connectivity index (χ4v) is 1.42. The maximum absolute atomic E-state index is 11.4. The summed E-state index contributed by atoms with van der Waals surface area (Å²) in [6, 6.07) is 5.78. The van der Waals surface area contributed by atoms with Gasteiger partial charge in [0, 0.05) is 0 Å². The average molecular weight is 218 g/mol. The van der Waals surface area contributed by atoms with Gasteiger partial charge in [-0.25, -0.2) is 0 Å². The Hall–Kier alpha value is -2.37. The smallest absolute Gasteiger partial charge is 0.255 e. The van der Waals surface area contributed by atoms with E-state index in [-0.39, 0.29) is 23.7 Å². The van der Waals surface area contributed by atoms with Crippen molar-refractivity contribution in [3.63, 3.8) is 0 Å². The number of amidine groups is 1. The maximum Gasteiger partial charge on any atom is 0.255 e. The highest BCUT2D eigenvalue weighted by atomic mass is 16.4. The number of hydrogen-bond donors (Lipinski definition) is 1. The number of hydrogen-bond acceptors (Lipinski definition) is 5. The van der Waals surface area contributed by atoms with E-state index in [0.29, 0.717) is 5.69 Å². The van der Waals surface area contributed by atoms with Crippen molar-refractivity contribution in [2.45, 2.75) is 6.42 Å². The van der Waals surface area contributed by atoms with Gasteiger partial charge in [0.15, 0.2) is 0 Å². The molecule has 6 heteroatoms. The molecule has 0 aromatic heterocycles. The minimum atomic E-state index is -1.30. The lowest BCUT2D eigenvalue weighted by molar-refractivity contribution is -0.255. The molecule has 0 saturated carbocycles. The van der Waals surface area contributed by atoms with Gasteiger partial charge >= 0.3 is 0 Å². The molecule has 1 amide bonds. The number of nitrogens with two attached hydrogens (primary N) is 1. The molecular formula is C10H8N3O3-. The molecule has 2 N–H and O–H groups in total. The van der Waals surface area contributed by atoms with Gasteiger partial charge in [0.2, 0.25) is 0 Å². The van der Waals surface area contributed by atoms with Crippen molar-refractivity contribution in [2.75, 3.05) is 5.01 Å². The van der Waals surface area contributed by atoms with Crippen molar-refractivity contribution in [2.24, 2.45) is 10.8 Å². The number of benzene rings is 1. The highest BCUT2D eigenvalue weighted by molar-refractivity contribution is 6.11. The molecule has 0 radical (unpaired) electrons. The molecule has 1 heterocycles. The zero-order valence-corrected chi connectivity index (χ0v) is 8.21. The van der Waals surface area contributed by atoms with Crippen LogP contribution in [0.1, 0.15) is 16.8 Å². The summed E-state index contributed by atoms with van der Waals surface area (Å²) in [4.78, 5) is 22.1. The molecule has 82 valence electrons. The first kappa shape index (κ1) is 10.2. The van der Waals surface area contributed by atoms with Gasteiger partial charge in [-0.2, -0.15) is 10.1 Å². The summed E-state index contributed by atoms with van der Waals surface area (Å²) in [6.45, 7) is 0. The Balaban J connectivity index is 2.38. The van der Waals surface area contributed by atoms with E-state index in [4.69, 9.17) is 5.73 Å². The fourth-order valence-electron chi connectivity index (χ4n) is 1.42. The standard InChI is InChI=1S/C10H9N3O3/c11-8-5-9(14)13(12-8)7-3-1-2-6(4-7)10(15)16/h1-4H,5H2,(H2,11,12)(H,15,16)/p-1. The molecule has 2 rings (SSSR count). The first-order valence-electron chi connectivity index (χ1n) is 4.55. The number of rotatable bonds is 2. The Kier molecular flexibility index (Phi) is 2.32. The van der Waals surface area contributed by atoms with Crippen molar-refractivity contribution in [1.82, 2.24) is 0 Å². The highest BCUT2D eigenvalue weighted by Gasteiger charge is 2.23. The van der Waals surface area contributed by atoms with E-state index in [1.165, 1.54) is 18.2 Å². The predicted octanol–water partition coefficient (Wildman–Crippen LogP) is -0.941. The Labute approximate surface area is 91.0 Å². The minimum absolute atomic E-state index is 0.00836. The van der Waals surface area contributed by atoms with Crippen molar-refractivity contribution in [1.29, 1.82) is 0 Å². The van der Waals surface area contributed by atoms with E-state index in [2.05, 4.69) is 5.10 Å². The van der Waals surface area contributed by atoms with Crippen LogP contribution in [0.3, 0.4) is 0 Å². The Bertz CT molecular complexity index is 496. The van der Waals surface area contributed by atoms with Crippen LogP contribution < -0.4 is 15.8 Å². The summed E-state index contributed by atoms with van der Waals surface area (Å²) >= 11 is 0. The molecule has 0 unspecified atom stereocenters. The van der Waals surface area contributed by atoms with E-state index < -0.39 is 5.97 Å². The van der Waals surface area contributed by atoms with Gasteiger partial charge in [0.05, 0.1) is 18.1 Å². The number of carboxylic acid groups (broad SMARTS) is 1. The van der Waals surface area contributed by atoms with Crippen molar-refractivity contribution >= 4 is 23.4 Å². The number of anilines is 1. The Morgan fingerprint density at radius 2 is 2.25 bits per heavy atom. The number of carbonyl (C=O) groups is 2. The van der Waals surface area contributed by atoms with E-state index >= 15 is 0 Å². The predicted molar refractivity (Wildman–Crippen MR) is 54.5 cm³/mol. The summed E-state index contributed by atoms with van der Waals surface area (Å²) in [5.74, 6) is -1.37. The molecule has 0 bridgehead atoms. The SMILES string of the molecule is NC1=NN(c2cccc(C(=O)[O-])c2)C(=O)C1. The number of amides is 1. The largest absolute Gasteiger partial charge is 0.545 e. The minimum Gasteiger partial charge on any atom is -0.545 e. The number of hydrazone groups is 1. The molecular weight excluding hydrogens is 210 g/mol. The summed E-state index contributed by atoms with van der Waals surface area (Å²) < 4.78 is 0. The number of carboxylic acids is 1. The molecule has 16 heavy (non-hydrogen) atoms. The van der Waals surface area contributed by atoms with Gasteiger partial charge in [0.25, 0.3) is 5.91 Å². The highest BCUT2D eigenvalue weighted by Crippen LogP contribution is 2.20. The van der Waals surface area contributed by atoms with Gasteiger partial charge in [0.1, 0.15) is 5.84 Å². The van der Waals surface area contributed by atoms with Crippen LogP contribution in [0, 0.1) is 0 Å². The summed E-state index contributed by atoms with van der Waals surface area (Å²) in [5.41, 5.74) is 5.77. The molecule has 0 atom stereocenters. The van der Waals surface area contributed by atoms with Crippen LogP contribution in [-0.2, 0) is 4.79 Å². The van der Waals surface area contributed by atoms with Crippen LogP contribution in [-0.4, -0.2) is 17.7 Å². The zero-order chi connectivity index (χ0) is 11.7. The second-order valence-electron chi connectivity index (χ2n) is 3.31. The first-order chi connectivity index (χ1) is 7.58. The van der Waals surface area contributed by atoms with Gasteiger partial charge in [-0.1, -0.05) is 12.1 Å². The summed E-state index contributed by atoms with van der Waals surface area (Å²) in [5, 5.41) is 15.5. The van der Waals surface area contributed by atoms with Crippen LogP contribution in [0.15, 0.2) is 29.4 Å². The van der Waals surface area contributed by atoms with Crippen LogP contribution in [0.2, 0.25) is 0 Å². The third-order valence-electron chi connectivity index (χ3n) is 2.12. The maximum atomic E-state index is 11.4. The van der Waals surface area contributed by atoms with E-state index in [9.17, 15) is 14.7 Å². The first-order valence-corrected chi connectivity index (χ1v) is 4.55. The number of carbonyl (C=O) groups excluding carboxylic acids is 2. The number of aromatic carboxylic acids is 1. The fraction of sp³-hybridized carbons (Fsp3) is 0.100. The van der Waals surface area contributed by atoms with E-state index in [1.54, 1.807) is 6.07 Å². The average Bonchev–Trinajstić information content (AvgIpc) is 2.58. The second-order valence-corrected chi connectivity index (χ2v) is 3.31. The van der Waals surface area contributed by atoms with Crippen LogP contribution in [0.5, 0.6) is 0 Å². The van der Waals surface area contributed by atoms with Crippen molar-refractivity contribution in [3.05, 3.63) is 29.8 Å². The van der Waals surface area contributed by atoms with Crippen molar-refractivity contribution in [3.8, 4) is 0 Å². The molecule has 1 aromatic carbocycles. The second kappa shape index (κ2) is 3.65. The molecule has 0 aliphatic carbocycles. The normalized spacial score (nSPS) is 15.1. The summed E-state index contributed by atoms with van der Waals surface area (Å²) in [6.07, 6.45) is 0.0511. The molecule has 6 nitrogen and oxygen atoms in total. The Morgan fingerprint density at radius 1 is 1.50 bits per heavy atom. The lowest BCUT2D eigenvalue weighted by atomic mass is 10.2. The van der Waals surface area contributed by atoms with E-state index in [1.807, 2.05) is 0 Å². The van der Waals surface area contributed by atoms with Crippen LogP contribution in [0.25, 0.3) is 0 Å². The lowest BCUT2D eigenvalue weighted by Gasteiger charge is -2.12. The summed E-state index contributed by atoms with van der Waals surface area (Å²) in [7, 11) is 0. The third kappa shape index (κ3) is 1.72. The van der Waals surface area contributed by atoms with Gasteiger partial charge in [-0.3, -0.25) is 4.79 Å². The molecule has 0 saturated heterocycles. The topological polar surface area (TPSA) is 98.8 Å². The lowest BCUT2D eigenvalue weighted by Crippen LogP contribution is -2.24. The molecule has 1 aliphatic rings. The molecule has 1 aromatic rings. The monoisotopic (exact) mass is 218 g/mol. The molecule has 0 fully saturated rings. The van der Waals surface area contributed by atoms with Gasteiger partial charge < -0.3 is 15.6 Å². The van der Waals surface area contributed by atoms with Gasteiger partial charge in [-0.15, -0.1) is 0 Å². The van der Waals surface area contributed by atoms with Gasteiger partial charge in [-0.05, 0) is 17.7 Å². The molecule has 1 aliphatic heterocycles. The van der Waals surface area contributed by atoms with Crippen LogP contribution in [0.4, 0.5) is 5.69 Å². The Morgan fingerprint density at radius 3 is 2.81 bits per heavy atom.